The van der Waals surface area contributed by atoms with Crippen LogP contribution in [0.1, 0.15) is 27.9 Å². The topological polar surface area (TPSA) is 68.0 Å². The Hall–Kier alpha value is -2.67. The molecule has 1 N–H and O–H groups in total. The third-order valence-corrected chi connectivity index (χ3v) is 5.65. The molecule has 30 heavy (non-hydrogen) atoms. The van der Waals surface area contributed by atoms with Gasteiger partial charge in [-0.05, 0) is 35.9 Å². The van der Waals surface area contributed by atoms with E-state index >= 15 is 0 Å². The Morgan fingerprint density at radius 3 is 2.40 bits per heavy atom. The van der Waals surface area contributed by atoms with E-state index in [9.17, 15) is 4.79 Å². The summed E-state index contributed by atoms with van der Waals surface area (Å²) >= 11 is 15.4. The first kappa shape index (κ1) is 20.6. The highest BCUT2D eigenvalue weighted by Gasteiger charge is 2.24. The third kappa shape index (κ3) is 4.56. The molecule has 1 heterocycles. The Kier molecular flexibility index (Phi) is 6.18. The summed E-state index contributed by atoms with van der Waals surface area (Å²) in [5.74, 6) is 0.363. The highest BCUT2D eigenvalue weighted by molar-refractivity contribution is 9.10. The van der Waals surface area contributed by atoms with E-state index in [2.05, 4.69) is 31.4 Å². The zero-order valence-electron chi connectivity index (χ0n) is 15.4. The molecule has 0 fully saturated rings. The van der Waals surface area contributed by atoms with Crippen molar-refractivity contribution in [3.63, 3.8) is 0 Å². The standard InChI is InChI=1S/C22H14BrCl2N3O2/c23-16-9-6-13(7-10-16)19(26-21(29)15-8-11-17(24)18(25)12-15)22-27-20(28-30-22)14-4-2-1-3-5-14/h1-12,19H,(H,26,29). The average molecular weight is 503 g/mol. The van der Waals surface area contributed by atoms with Gasteiger partial charge in [0.1, 0.15) is 6.04 Å². The lowest BCUT2D eigenvalue weighted by molar-refractivity contribution is 0.0936. The molecule has 0 radical (unpaired) electrons. The monoisotopic (exact) mass is 501 g/mol. The van der Waals surface area contributed by atoms with E-state index in [1.54, 1.807) is 12.1 Å². The van der Waals surface area contributed by atoms with Crippen LogP contribution in [0.25, 0.3) is 11.4 Å². The highest BCUT2D eigenvalue weighted by Crippen LogP contribution is 2.27. The number of carbonyl (C=O) groups excluding carboxylic acids is 1. The second kappa shape index (κ2) is 9.00. The second-order valence-corrected chi connectivity index (χ2v) is 8.14. The van der Waals surface area contributed by atoms with Crippen molar-refractivity contribution in [2.24, 2.45) is 0 Å². The lowest BCUT2D eigenvalue weighted by Crippen LogP contribution is -2.29. The largest absolute Gasteiger partial charge is 0.336 e. The molecule has 5 nitrogen and oxygen atoms in total. The maximum Gasteiger partial charge on any atom is 0.254 e. The van der Waals surface area contributed by atoms with Crippen molar-refractivity contribution in [2.45, 2.75) is 6.04 Å². The Morgan fingerprint density at radius 2 is 1.70 bits per heavy atom. The van der Waals surface area contributed by atoms with Crippen LogP contribution in [0.5, 0.6) is 0 Å². The molecule has 1 aromatic heterocycles. The molecule has 0 spiro atoms. The molecule has 4 aromatic rings. The van der Waals surface area contributed by atoms with E-state index in [-0.39, 0.29) is 11.8 Å². The van der Waals surface area contributed by atoms with E-state index in [0.717, 1.165) is 15.6 Å². The Labute approximate surface area is 191 Å². The van der Waals surface area contributed by atoms with Crippen LogP contribution in [0.4, 0.5) is 0 Å². The van der Waals surface area contributed by atoms with Crippen molar-refractivity contribution in [1.29, 1.82) is 0 Å². The molecule has 0 aliphatic heterocycles. The summed E-state index contributed by atoms with van der Waals surface area (Å²) in [7, 11) is 0. The quantitative estimate of drug-likeness (QED) is 0.346. The van der Waals surface area contributed by atoms with Crippen LogP contribution in [0, 0.1) is 0 Å². The smallest absolute Gasteiger partial charge is 0.254 e. The average Bonchev–Trinajstić information content (AvgIpc) is 3.25. The summed E-state index contributed by atoms with van der Waals surface area (Å²) in [6.45, 7) is 0. The van der Waals surface area contributed by atoms with Crippen molar-refractivity contribution >= 4 is 45.0 Å². The van der Waals surface area contributed by atoms with Crippen LogP contribution >= 0.6 is 39.1 Å². The molecule has 4 rings (SSSR count). The van der Waals surface area contributed by atoms with Gasteiger partial charge in [-0.3, -0.25) is 4.79 Å². The maximum absolute atomic E-state index is 12.9. The van der Waals surface area contributed by atoms with Gasteiger partial charge < -0.3 is 9.84 Å². The van der Waals surface area contributed by atoms with Gasteiger partial charge in [-0.2, -0.15) is 4.98 Å². The number of hydrogen-bond acceptors (Lipinski definition) is 4. The van der Waals surface area contributed by atoms with Gasteiger partial charge in [0, 0.05) is 15.6 Å². The van der Waals surface area contributed by atoms with Crippen LogP contribution in [0.2, 0.25) is 10.0 Å². The first-order valence-corrected chi connectivity index (χ1v) is 10.5. The molecule has 150 valence electrons. The maximum atomic E-state index is 12.9. The second-order valence-electron chi connectivity index (χ2n) is 6.41. The predicted molar refractivity (Wildman–Crippen MR) is 120 cm³/mol. The number of rotatable bonds is 5. The van der Waals surface area contributed by atoms with Gasteiger partial charge >= 0.3 is 0 Å². The normalized spacial score (nSPS) is 11.8. The van der Waals surface area contributed by atoms with Crippen molar-refractivity contribution in [2.75, 3.05) is 0 Å². The van der Waals surface area contributed by atoms with Gasteiger partial charge in [-0.1, -0.05) is 86.8 Å². The molecule has 1 atom stereocenters. The lowest BCUT2D eigenvalue weighted by atomic mass is 10.1. The first-order valence-electron chi connectivity index (χ1n) is 8.91. The van der Waals surface area contributed by atoms with Gasteiger partial charge in [0.15, 0.2) is 0 Å². The zero-order valence-corrected chi connectivity index (χ0v) is 18.4. The van der Waals surface area contributed by atoms with E-state index in [1.807, 2.05) is 54.6 Å². The minimum absolute atomic E-state index is 0.268. The molecule has 3 aromatic carbocycles. The van der Waals surface area contributed by atoms with Gasteiger partial charge in [0.25, 0.3) is 11.8 Å². The molecular formula is C22H14BrCl2N3O2. The summed E-state index contributed by atoms with van der Waals surface area (Å²) in [6.07, 6.45) is 0. The molecule has 0 saturated carbocycles. The van der Waals surface area contributed by atoms with Crippen LogP contribution in [0.15, 0.2) is 81.8 Å². The van der Waals surface area contributed by atoms with Gasteiger partial charge in [0.2, 0.25) is 5.82 Å². The predicted octanol–water partition coefficient (Wildman–Crippen LogP) is 6.33. The number of nitrogens with one attached hydrogen (secondary N) is 1. The minimum atomic E-state index is -0.648. The third-order valence-electron chi connectivity index (χ3n) is 4.38. The number of halogens is 3. The fraction of sp³-hybridized carbons (Fsp3) is 0.0455. The van der Waals surface area contributed by atoms with Crippen molar-refractivity contribution in [1.82, 2.24) is 15.5 Å². The molecule has 0 aliphatic rings. The summed E-state index contributed by atoms with van der Waals surface area (Å²) < 4.78 is 6.42. The highest BCUT2D eigenvalue weighted by atomic mass is 79.9. The number of nitrogens with zero attached hydrogens (tertiary/aromatic N) is 2. The fourth-order valence-electron chi connectivity index (χ4n) is 2.85. The zero-order chi connectivity index (χ0) is 21.1. The number of amides is 1. The molecule has 1 amide bonds. The van der Waals surface area contributed by atoms with E-state index in [1.165, 1.54) is 6.07 Å². The van der Waals surface area contributed by atoms with Crippen molar-refractivity contribution < 1.29 is 9.32 Å². The van der Waals surface area contributed by atoms with E-state index < -0.39 is 6.04 Å². The Morgan fingerprint density at radius 1 is 0.967 bits per heavy atom. The minimum Gasteiger partial charge on any atom is -0.336 e. The molecule has 1 unspecified atom stereocenters. The van der Waals surface area contributed by atoms with E-state index in [4.69, 9.17) is 27.7 Å². The Balaban J connectivity index is 1.68. The lowest BCUT2D eigenvalue weighted by Gasteiger charge is -2.16. The summed E-state index contributed by atoms with van der Waals surface area (Å²) in [6, 6.07) is 21.0. The van der Waals surface area contributed by atoms with E-state index in [0.29, 0.717) is 21.4 Å². The van der Waals surface area contributed by atoms with Crippen LogP contribution in [-0.2, 0) is 0 Å². The number of carbonyl (C=O) groups is 1. The van der Waals surface area contributed by atoms with Crippen molar-refractivity contribution in [3.8, 4) is 11.4 Å². The summed E-state index contributed by atoms with van der Waals surface area (Å²) in [5.41, 5.74) is 1.97. The SMILES string of the molecule is O=C(NC(c1ccc(Br)cc1)c1nc(-c2ccccc2)no1)c1ccc(Cl)c(Cl)c1. The first-order chi connectivity index (χ1) is 14.5. The van der Waals surface area contributed by atoms with Crippen LogP contribution < -0.4 is 5.32 Å². The molecule has 8 heteroatoms. The van der Waals surface area contributed by atoms with Crippen molar-refractivity contribution in [3.05, 3.63) is 104 Å². The number of aromatic nitrogens is 2. The summed E-state index contributed by atoms with van der Waals surface area (Å²) in [5, 5.41) is 7.69. The summed E-state index contributed by atoms with van der Waals surface area (Å²) in [4.78, 5) is 17.4. The van der Waals surface area contributed by atoms with Gasteiger partial charge in [-0.15, -0.1) is 0 Å². The molecular weight excluding hydrogens is 489 g/mol. The Bertz CT molecular complexity index is 1180. The van der Waals surface area contributed by atoms with Crippen LogP contribution in [-0.4, -0.2) is 16.0 Å². The fourth-order valence-corrected chi connectivity index (χ4v) is 3.41. The molecule has 0 aliphatic carbocycles. The van der Waals surface area contributed by atoms with Crippen LogP contribution in [0.3, 0.4) is 0 Å². The molecule has 0 bridgehead atoms. The number of benzene rings is 3. The van der Waals surface area contributed by atoms with Gasteiger partial charge in [0.05, 0.1) is 10.0 Å². The van der Waals surface area contributed by atoms with Gasteiger partial charge in [-0.25, -0.2) is 0 Å². The molecule has 0 saturated heterocycles. The number of hydrogen-bond donors (Lipinski definition) is 1.